The Morgan fingerprint density at radius 3 is 2.62 bits per heavy atom. The molecule has 1 aromatic carbocycles. The molecule has 5 nitrogen and oxygen atoms in total. The number of sulfonamides is 1. The third kappa shape index (κ3) is 4.16. The summed E-state index contributed by atoms with van der Waals surface area (Å²) in [6, 6.07) is 7.99. The number of nitrogens with one attached hydrogen (secondary N) is 2. The van der Waals surface area contributed by atoms with Crippen LogP contribution in [-0.4, -0.2) is 20.4 Å². The van der Waals surface area contributed by atoms with Crippen LogP contribution in [0.3, 0.4) is 0 Å². The standard InChI is InChI=1S/C13H13BrClN3O2S/c1-16-7-9-2-5-13(17-8-9)21(19,20)18-10-3-4-11(14)12(15)6-10/h2-6,8,16,18H,7H2,1H3. The fraction of sp³-hybridized carbons (Fsp3) is 0.154. The lowest BCUT2D eigenvalue weighted by molar-refractivity contribution is 0.597. The van der Waals surface area contributed by atoms with Gasteiger partial charge in [-0.1, -0.05) is 17.7 Å². The van der Waals surface area contributed by atoms with Crippen LogP contribution in [0.15, 0.2) is 46.0 Å². The molecule has 0 radical (unpaired) electrons. The average Bonchev–Trinajstić information content (AvgIpc) is 2.44. The van der Waals surface area contributed by atoms with Crippen LogP contribution in [-0.2, 0) is 16.6 Å². The number of halogens is 2. The normalized spacial score (nSPS) is 11.4. The molecule has 1 heterocycles. The molecule has 0 aliphatic rings. The number of rotatable bonds is 5. The Morgan fingerprint density at radius 1 is 1.29 bits per heavy atom. The molecular weight excluding hydrogens is 378 g/mol. The van der Waals surface area contributed by atoms with Gasteiger partial charge in [-0.3, -0.25) is 4.72 Å². The smallest absolute Gasteiger partial charge is 0.279 e. The zero-order valence-corrected chi connectivity index (χ0v) is 14.3. The number of anilines is 1. The van der Waals surface area contributed by atoms with E-state index in [1.807, 2.05) is 7.05 Å². The second-order valence-corrected chi connectivity index (χ2v) is 7.16. The van der Waals surface area contributed by atoms with E-state index in [0.29, 0.717) is 21.7 Å². The molecule has 2 rings (SSSR count). The van der Waals surface area contributed by atoms with Gasteiger partial charge in [0.1, 0.15) is 0 Å². The number of pyridine rings is 1. The van der Waals surface area contributed by atoms with Crippen molar-refractivity contribution in [3.8, 4) is 0 Å². The first-order valence-electron chi connectivity index (χ1n) is 6.00. The Hall–Kier alpha value is -1.15. The molecule has 8 heteroatoms. The van der Waals surface area contributed by atoms with Crippen molar-refractivity contribution in [1.29, 1.82) is 0 Å². The van der Waals surface area contributed by atoms with Gasteiger partial charge in [0, 0.05) is 17.2 Å². The van der Waals surface area contributed by atoms with E-state index >= 15 is 0 Å². The van der Waals surface area contributed by atoms with Crippen molar-refractivity contribution in [2.45, 2.75) is 11.6 Å². The highest BCUT2D eigenvalue weighted by Crippen LogP contribution is 2.26. The van der Waals surface area contributed by atoms with E-state index in [9.17, 15) is 8.42 Å². The van der Waals surface area contributed by atoms with E-state index in [4.69, 9.17) is 11.6 Å². The minimum Gasteiger partial charge on any atom is -0.316 e. The van der Waals surface area contributed by atoms with Gasteiger partial charge in [0.05, 0.1) is 10.7 Å². The molecular formula is C13H13BrClN3O2S. The van der Waals surface area contributed by atoms with Crippen LogP contribution in [0.4, 0.5) is 5.69 Å². The van der Waals surface area contributed by atoms with E-state index < -0.39 is 10.0 Å². The first-order chi connectivity index (χ1) is 9.92. The Morgan fingerprint density at radius 2 is 2.05 bits per heavy atom. The number of hydrogen-bond acceptors (Lipinski definition) is 4. The van der Waals surface area contributed by atoms with Gasteiger partial charge in [-0.2, -0.15) is 8.42 Å². The molecule has 0 amide bonds. The van der Waals surface area contributed by atoms with Crippen molar-refractivity contribution >= 4 is 43.2 Å². The predicted molar refractivity (Wildman–Crippen MR) is 87.0 cm³/mol. The van der Waals surface area contributed by atoms with E-state index in [1.54, 1.807) is 18.2 Å². The van der Waals surface area contributed by atoms with Gasteiger partial charge in [-0.25, -0.2) is 4.98 Å². The third-order valence-corrected chi connectivity index (χ3v) is 5.15. The molecule has 0 aliphatic heterocycles. The van der Waals surface area contributed by atoms with Crippen molar-refractivity contribution in [1.82, 2.24) is 10.3 Å². The number of nitrogens with zero attached hydrogens (tertiary/aromatic N) is 1. The maximum atomic E-state index is 12.2. The quantitative estimate of drug-likeness (QED) is 0.823. The number of benzene rings is 1. The van der Waals surface area contributed by atoms with Crippen molar-refractivity contribution in [2.75, 3.05) is 11.8 Å². The Kier molecular flexibility index (Phi) is 5.21. The van der Waals surface area contributed by atoms with E-state index in [0.717, 1.165) is 5.56 Å². The van der Waals surface area contributed by atoms with Crippen LogP contribution >= 0.6 is 27.5 Å². The van der Waals surface area contributed by atoms with E-state index in [2.05, 4.69) is 31.0 Å². The Bertz CT molecular complexity index is 736. The van der Waals surface area contributed by atoms with Crippen LogP contribution in [0, 0.1) is 0 Å². The van der Waals surface area contributed by atoms with Crippen LogP contribution < -0.4 is 10.0 Å². The average molecular weight is 391 g/mol. The molecule has 1 aromatic heterocycles. The highest BCUT2D eigenvalue weighted by Gasteiger charge is 2.16. The molecule has 0 fully saturated rings. The van der Waals surface area contributed by atoms with Gasteiger partial charge < -0.3 is 5.32 Å². The van der Waals surface area contributed by atoms with Gasteiger partial charge in [0.15, 0.2) is 5.03 Å². The van der Waals surface area contributed by atoms with Gasteiger partial charge >= 0.3 is 0 Å². The summed E-state index contributed by atoms with van der Waals surface area (Å²) in [6.45, 7) is 0.628. The lowest BCUT2D eigenvalue weighted by Crippen LogP contribution is -2.15. The molecule has 21 heavy (non-hydrogen) atoms. The number of aromatic nitrogens is 1. The molecule has 112 valence electrons. The molecule has 0 spiro atoms. The van der Waals surface area contributed by atoms with Gasteiger partial charge in [-0.05, 0) is 52.8 Å². The summed E-state index contributed by atoms with van der Waals surface area (Å²) in [6.07, 6.45) is 1.53. The fourth-order valence-electron chi connectivity index (χ4n) is 1.65. The van der Waals surface area contributed by atoms with Gasteiger partial charge in [0.2, 0.25) is 0 Å². The summed E-state index contributed by atoms with van der Waals surface area (Å²) in [5.41, 5.74) is 1.28. The topological polar surface area (TPSA) is 71.1 Å². The summed E-state index contributed by atoms with van der Waals surface area (Å²) in [5, 5.41) is 3.35. The maximum absolute atomic E-state index is 12.2. The van der Waals surface area contributed by atoms with Crippen molar-refractivity contribution < 1.29 is 8.42 Å². The highest BCUT2D eigenvalue weighted by atomic mass is 79.9. The monoisotopic (exact) mass is 389 g/mol. The zero-order chi connectivity index (χ0) is 15.5. The summed E-state index contributed by atoms with van der Waals surface area (Å²) >= 11 is 9.19. The highest BCUT2D eigenvalue weighted by molar-refractivity contribution is 9.10. The Labute approximate surface area is 136 Å². The molecule has 0 unspecified atom stereocenters. The van der Waals surface area contributed by atoms with Gasteiger partial charge in [-0.15, -0.1) is 0 Å². The largest absolute Gasteiger partial charge is 0.316 e. The first kappa shape index (κ1) is 16.2. The number of hydrogen-bond donors (Lipinski definition) is 2. The van der Waals surface area contributed by atoms with Crippen LogP contribution in [0.2, 0.25) is 5.02 Å². The molecule has 0 saturated heterocycles. The summed E-state index contributed by atoms with van der Waals surface area (Å²) in [7, 11) is -1.92. The lowest BCUT2D eigenvalue weighted by Gasteiger charge is -2.09. The van der Waals surface area contributed by atoms with Crippen LogP contribution in [0.1, 0.15) is 5.56 Å². The van der Waals surface area contributed by atoms with Crippen molar-refractivity contribution in [2.24, 2.45) is 0 Å². The minimum atomic E-state index is -3.73. The van der Waals surface area contributed by atoms with Crippen molar-refractivity contribution in [3.05, 3.63) is 51.6 Å². The predicted octanol–water partition coefficient (Wildman–Crippen LogP) is 3.02. The zero-order valence-electron chi connectivity index (χ0n) is 11.1. The lowest BCUT2D eigenvalue weighted by atomic mass is 10.3. The molecule has 0 atom stereocenters. The fourth-order valence-corrected chi connectivity index (χ4v) is 3.05. The first-order valence-corrected chi connectivity index (χ1v) is 8.65. The second-order valence-electron chi connectivity index (χ2n) is 4.27. The second kappa shape index (κ2) is 6.74. The summed E-state index contributed by atoms with van der Waals surface area (Å²) in [4.78, 5) is 3.97. The van der Waals surface area contributed by atoms with Gasteiger partial charge in [0.25, 0.3) is 10.0 Å². The Balaban J connectivity index is 2.23. The van der Waals surface area contributed by atoms with E-state index in [-0.39, 0.29) is 5.03 Å². The summed E-state index contributed by atoms with van der Waals surface area (Å²) < 4.78 is 27.6. The molecule has 0 aliphatic carbocycles. The van der Waals surface area contributed by atoms with Crippen LogP contribution in [0.5, 0.6) is 0 Å². The van der Waals surface area contributed by atoms with Crippen molar-refractivity contribution in [3.63, 3.8) is 0 Å². The molecule has 2 aromatic rings. The molecule has 2 N–H and O–H groups in total. The molecule has 0 bridgehead atoms. The van der Waals surface area contributed by atoms with Crippen LogP contribution in [0.25, 0.3) is 0 Å². The van der Waals surface area contributed by atoms with E-state index in [1.165, 1.54) is 18.3 Å². The SMILES string of the molecule is CNCc1ccc(S(=O)(=O)Nc2ccc(Br)c(Cl)c2)nc1. The summed E-state index contributed by atoms with van der Waals surface area (Å²) in [5.74, 6) is 0. The molecule has 0 saturated carbocycles. The minimum absolute atomic E-state index is 0.0404. The third-order valence-electron chi connectivity index (χ3n) is 2.63. The maximum Gasteiger partial charge on any atom is 0.279 e.